The highest BCUT2D eigenvalue weighted by molar-refractivity contribution is 7.98. The Balaban J connectivity index is 2.21. The molecule has 2 aromatic rings. The number of hydrogen-bond donors (Lipinski definition) is 1. The van der Waals surface area contributed by atoms with Crippen molar-refractivity contribution >= 4 is 17.7 Å². The average Bonchev–Trinajstić information content (AvgIpc) is 2.45. The van der Waals surface area contributed by atoms with Gasteiger partial charge < -0.3 is 9.84 Å². The summed E-state index contributed by atoms with van der Waals surface area (Å²) in [5.74, 6) is 0.606. The van der Waals surface area contributed by atoms with Gasteiger partial charge in [0.1, 0.15) is 5.75 Å². The smallest absolute Gasteiger partial charge is 0.336 e. The van der Waals surface area contributed by atoms with Crippen LogP contribution >= 0.6 is 11.8 Å². The van der Waals surface area contributed by atoms with Crippen LogP contribution in [0.4, 0.5) is 0 Å². The van der Waals surface area contributed by atoms with Gasteiger partial charge in [-0.25, -0.2) is 4.79 Å². The lowest BCUT2D eigenvalue weighted by atomic mass is 10.1. The summed E-state index contributed by atoms with van der Waals surface area (Å²) in [5.41, 5.74) is 2.56. The molecule has 0 amide bonds. The first-order valence-corrected chi connectivity index (χ1v) is 7.19. The molecule has 2 aromatic carbocycles. The summed E-state index contributed by atoms with van der Waals surface area (Å²) < 4.78 is 5.34. The molecule has 0 aliphatic carbocycles. The molecule has 0 heterocycles. The summed E-state index contributed by atoms with van der Waals surface area (Å²) in [7, 11) is 1.64. The molecule has 0 bridgehead atoms. The van der Waals surface area contributed by atoms with E-state index in [1.165, 1.54) is 11.8 Å². The number of methoxy groups -OCH3 is 1. The lowest BCUT2D eigenvalue weighted by Gasteiger charge is -2.10. The SMILES string of the molecule is COc1ccc(C)cc1CSc1ccccc1C(=O)O. The predicted molar refractivity (Wildman–Crippen MR) is 80.7 cm³/mol. The summed E-state index contributed by atoms with van der Waals surface area (Å²) in [6, 6.07) is 13.0. The van der Waals surface area contributed by atoms with Gasteiger partial charge in [0.15, 0.2) is 0 Å². The van der Waals surface area contributed by atoms with Gasteiger partial charge in [-0.2, -0.15) is 0 Å². The number of aromatic carboxylic acids is 1. The summed E-state index contributed by atoms with van der Waals surface area (Å²) in [6.45, 7) is 2.03. The zero-order valence-electron chi connectivity index (χ0n) is 11.4. The lowest BCUT2D eigenvalue weighted by Crippen LogP contribution is -1.98. The first-order valence-electron chi connectivity index (χ1n) is 6.20. The topological polar surface area (TPSA) is 46.5 Å². The molecule has 0 atom stereocenters. The van der Waals surface area contributed by atoms with Gasteiger partial charge in [-0.1, -0.05) is 29.8 Å². The van der Waals surface area contributed by atoms with Crippen molar-refractivity contribution in [2.75, 3.05) is 7.11 Å². The maximum atomic E-state index is 11.2. The van der Waals surface area contributed by atoms with Crippen molar-refractivity contribution in [3.8, 4) is 5.75 Å². The molecule has 0 aliphatic rings. The van der Waals surface area contributed by atoms with Crippen molar-refractivity contribution < 1.29 is 14.6 Å². The Hall–Kier alpha value is -1.94. The Morgan fingerprint density at radius 2 is 2.00 bits per heavy atom. The molecule has 3 nitrogen and oxygen atoms in total. The fourth-order valence-electron chi connectivity index (χ4n) is 1.94. The molecule has 0 aliphatic heterocycles. The van der Waals surface area contributed by atoms with Crippen LogP contribution in [-0.4, -0.2) is 18.2 Å². The van der Waals surface area contributed by atoms with Crippen LogP contribution in [0.15, 0.2) is 47.4 Å². The van der Waals surface area contributed by atoms with E-state index in [0.717, 1.165) is 21.8 Å². The Bertz CT molecular complexity index is 623. The van der Waals surface area contributed by atoms with Gasteiger partial charge in [0.05, 0.1) is 12.7 Å². The third kappa shape index (κ3) is 3.33. The van der Waals surface area contributed by atoms with E-state index in [0.29, 0.717) is 11.3 Å². The van der Waals surface area contributed by atoms with Crippen LogP contribution in [0.2, 0.25) is 0 Å². The van der Waals surface area contributed by atoms with E-state index in [4.69, 9.17) is 9.84 Å². The number of aryl methyl sites for hydroxylation is 1. The first-order chi connectivity index (χ1) is 9.61. The van der Waals surface area contributed by atoms with Crippen molar-refractivity contribution in [3.63, 3.8) is 0 Å². The Morgan fingerprint density at radius 1 is 1.25 bits per heavy atom. The van der Waals surface area contributed by atoms with Gasteiger partial charge in [0.2, 0.25) is 0 Å². The van der Waals surface area contributed by atoms with Crippen LogP contribution in [0.5, 0.6) is 5.75 Å². The minimum Gasteiger partial charge on any atom is -0.496 e. The van der Waals surface area contributed by atoms with Crippen molar-refractivity contribution in [1.82, 2.24) is 0 Å². The Kier molecular flexibility index (Phi) is 4.69. The van der Waals surface area contributed by atoms with E-state index >= 15 is 0 Å². The minimum atomic E-state index is -0.899. The third-order valence-corrected chi connectivity index (χ3v) is 4.06. The van der Waals surface area contributed by atoms with E-state index in [1.54, 1.807) is 19.2 Å². The van der Waals surface area contributed by atoms with Gasteiger partial charge in [-0.05, 0) is 25.1 Å². The van der Waals surface area contributed by atoms with E-state index in [2.05, 4.69) is 6.07 Å². The standard InChI is InChI=1S/C16H16O3S/c1-11-7-8-14(19-2)12(9-11)10-20-15-6-4-3-5-13(15)16(17)18/h3-9H,10H2,1-2H3,(H,17,18). The largest absolute Gasteiger partial charge is 0.496 e. The normalized spacial score (nSPS) is 10.3. The number of carbonyl (C=O) groups is 1. The summed E-state index contributed by atoms with van der Waals surface area (Å²) in [6.07, 6.45) is 0. The molecule has 4 heteroatoms. The van der Waals surface area contributed by atoms with Crippen LogP contribution in [0.1, 0.15) is 21.5 Å². The first kappa shape index (κ1) is 14.5. The highest BCUT2D eigenvalue weighted by Gasteiger charge is 2.11. The molecule has 0 spiro atoms. The van der Waals surface area contributed by atoms with Gasteiger partial charge in [0, 0.05) is 16.2 Å². The van der Waals surface area contributed by atoms with Crippen LogP contribution in [0.3, 0.4) is 0 Å². The number of carboxylic acid groups (broad SMARTS) is 1. The van der Waals surface area contributed by atoms with E-state index in [1.807, 2.05) is 31.2 Å². The van der Waals surface area contributed by atoms with E-state index in [9.17, 15) is 4.79 Å². The summed E-state index contributed by atoms with van der Waals surface area (Å²) in [4.78, 5) is 11.9. The number of benzene rings is 2. The number of thioether (sulfide) groups is 1. The Morgan fingerprint density at radius 3 is 2.70 bits per heavy atom. The summed E-state index contributed by atoms with van der Waals surface area (Å²) in [5, 5.41) is 9.17. The van der Waals surface area contributed by atoms with Crippen molar-refractivity contribution in [3.05, 3.63) is 59.2 Å². The Labute approximate surface area is 122 Å². The second-order valence-electron chi connectivity index (χ2n) is 4.41. The number of ether oxygens (including phenoxy) is 1. The van der Waals surface area contributed by atoms with Gasteiger partial charge >= 0.3 is 5.97 Å². The molecule has 0 saturated heterocycles. The minimum absolute atomic E-state index is 0.337. The third-order valence-electron chi connectivity index (χ3n) is 2.94. The maximum absolute atomic E-state index is 11.2. The molecule has 0 fully saturated rings. The molecule has 1 N–H and O–H groups in total. The maximum Gasteiger partial charge on any atom is 0.336 e. The summed E-state index contributed by atoms with van der Waals surface area (Å²) >= 11 is 1.51. The van der Waals surface area contributed by atoms with Crippen LogP contribution < -0.4 is 4.74 Å². The molecular weight excluding hydrogens is 272 g/mol. The zero-order chi connectivity index (χ0) is 14.5. The average molecular weight is 288 g/mol. The van der Waals surface area contributed by atoms with Crippen molar-refractivity contribution in [2.24, 2.45) is 0 Å². The monoisotopic (exact) mass is 288 g/mol. The molecule has 0 unspecified atom stereocenters. The number of carboxylic acids is 1. The van der Waals surface area contributed by atoms with Crippen LogP contribution in [0, 0.1) is 6.92 Å². The van der Waals surface area contributed by atoms with Crippen molar-refractivity contribution in [2.45, 2.75) is 17.6 Å². The van der Waals surface area contributed by atoms with Gasteiger partial charge in [-0.15, -0.1) is 11.8 Å². The molecular formula is C16H16O3S. The second kappa shape index (κ2) is 6.48. The van der Waals surface area contributed by atoms with E-state index in [-0.39, 0.29) is 0 Å². The fourth-order valence-corrected chi connectivity index (χ4v) is 2.97. The van der Waals surface area contributed by atoms with Crippen LogP contribution in [-0.2, 0) is 5.75 Å². The molecule has 0 radical (unpaired) electrons. The number of hydrogen-bond acceptors (Lipinski definition) is 3. The predicted octanol–water partition coefficient (Wildman–Crippen LogP) is 3.99. The van der Waals surface area contributed by atoms with Gasteiger partial charge in [-0.3, -0.25) is 0 Å². The van der Waals surface area contributed by atoms with Crippen molar-refractivity contribution in [1.29, 1.82) is 0 Å². The van der Waals surface area contributed by atoms with Gasteiger partial charge in [0.25, 0.3) is 0 Å². The van der Waals surface area contributed by atoms with E-state index < -0.39 is 5.97 Å². The van der Waals surface area contributed by atoms with Crippen LogP contribution in [0.25, 0.3) is 0 Å². The zero-order valence-corrected chi connectivity index (χ0v) is 12.2. The lowest BCUT2D eigenvalue weighted by molar-refractivity contribution is 0.0693. The molecule has 0 aromatic heterocycles. The fraction of sp³-hybridized carbons (Fsp3) is 0.188. The highest BCUT2D eigenvalue weighted by Crippen LogP contribution is 2.30. The molecule has 2 rings (SSSR count). The number of rotatable bonds is 5. The molecule has 104 valence electrons. The molecule has 20 heavy (non-hydrogen) atoms. The molecule has 0 saturated carbocycles. The second-order valence-corrected chi connectivity index (χ2v) is 5.42. The quantitative estimate of drug-likeness (QED) is 0.845. The highest BCUT2D eigenvalue weighted by atomic mass is 32.2.